The highest BCUT2D eigenvalue weighted by molar-refractivity contribution is 5.59. The molecule has 0 fully saturated rings. The van der Waals surface area contributed by atoms with Crippen molar-refractivity contribution < 1.29 is 8.78 Å². The Balaban J connectivity index is 1.67. The number of hydrogen-bond acceptors (Lipinski definition) is 4. The molecule has 0 radical (unpaired) electrons. The molecule has 3 heterocycles. The molecule has 2 aromatic carbocycles. The maximum atomic E-state index is 14.7. The number of halogens is 2. The maximum absolute atomic E-state index is 14.7. The molecule has 5 aromatic rings. The predicted octanol–water partition coefficient (Wildman–Crippen LogP) is 9.42. The third kappa shape index (κ3) is 6.30. The Kier molecular flexibility index (Phi) is 9.01. The van der Waals surface area contributed by atoms with E-state index in [1.54, 1.807) is 10.7 Å². The molecular formula is C37H37F2N5. The van der Waals surface area contributed by atoms with Crippen LogP contribution in [0.25, 0.3) is 16.9 Å². The quantitative estimate of drug-likeness (QED) is 0.161. The topological polar surface area (TPSA) is 67.4 Å². The van der Waals surface area contributed by atoms with Crippen molar-refractivity contribution in [1.29, 1.82) is 5.26 Å². The molecule has 5 nitrogen and oxygen atoms in total. The van der Waals surface area contributed by atoms with Crippen LogP contribution >= 0.6 is 0 Å². The Bertz CT molecular complexity index is 1810. The second kappa shape index (κ2) is 12.9. The molecule has 0 spiro atoms. The number of benzene rings is 2. The van der Waals surface area contributed by atoms with E-state index in [2.05, 4.69) is 70.8 Å². The second-order valence-electron chi connectivity index (χ2n) is 12.0. The Morgan fingerprint density at radius 2 is 1.50 bits per heavy atom. The summed E-state index contributed by atoms with van der Waals surface area (Å²) in [5.74, 6) is -1.28. The van der Waals surface area contributed by atoms with Crippen LogP contribution in [0.5, 0.6) is 0 Å². The second-order valence-corrected chi connectivity index (χ2v) is 12.0. The van der Waals surface area contributed by atoms with Crippen LogP contribution in [0.2, 0.25) is 0 Å². The summed E-state index contributed by atoms with van der Waals surface area (Å²) in [5, 5.41) is 14.9. The maximum Gasteiger partial charge on any atom is 0.224 e. The van der Waals surface area contributed by atoms with Gasteiger partial charge >= 0.3 is 0 Å². The Hall–Kier alpha value is -4.70. The van der Waals surface area contributed by atoms with Gasteiger partial charge in [0.15, 0.2) is 0 Å². The summed E-state index contributed by atoms with van der Waals surface area (Å²) >= 11 is 0. The van der Waals surface area contributed by atoms with Crippen molar-refractivity contribution in [2.75, 3.05) is 0 Å². The molecule has 0 aliphatic rings. The normalized spacial score (nSPS) is 12.8. The van der Waals surface area contributed by atoms with Crippen LogP contribution in [0.15, 0.2) is 79.0 Å². The SMILES string of the molecule is CCC(C)c1ccc(-n2ccc(C(c3cc(C(C)C)cc(C(C)C)c3)c3cccc(-c4ccc(F)nc4F)n3)n2)cc1C#N. The number of rotatable bonds is 9. The lowest BCUT2D eigenvalue weighted by atomic mass is 9.85. The fourth-order valence-electron chi connectivity index (χ4n) is 5.46. The smallest absolute Gasteiger partial charge is 0.224 e. The lowest BCUT2D eigenvalue weighted by Gasteiger charge is -2.21. The van der Waals surface area contributed by atoms with Crippen molar-refractivity contribution in [2.24, 2.45) is 0 Å². The highest BCUT2D eigenvalue weighted by atomic mass is 19.1. The van der Waals surface area contributed by atoms with Crippen molar-refractivity contribution in [3.05, 3.63) is 130 Å². The molecule has 44 heavy (non-hydrogen) atoms. The van der Waals surface area contributed by atoms with Crippen LogP contribution < -0.4 is 0 Å². The van der Waals surface area contributed by atoms with E-state index in [0.29, 0.717) is 28.8 Å². The van der Waals surface area contributed by atoms with Crippen LogP contribution in [0.4, 0.5) is 8.78 Å². The van der Waals surface area contributed by atoms with Crippen molar-refractivity contribution in [2.45, 2.75) is 71.6 Å². The van der Waals surface area contributed by atoms with Crippen molar-refractivity contribution >= 4 is 0 Å². The monoisotopic (exact) mass is 589 g/mol. The van der Waals surface area contributed by atoms with E-state index >= 15 is 0 Å². The zero-order chi connectivity index (χ0) is 31.5. The molecule has 0 aliphatic carbocycles. The first-order valence-corrected chi connectivity index (χ1v) is 15.1. The van der Waals surface area contributed by atoms with Crippen LogP contribution in [0, 0.1) is 23.2 Å². The zero-order valence-electron chi connectivity index (χ0n) is 26.0. The highest BCUT2D eigenvalue weighted by Gasteiger charge is 2.24. The van der Waals surface area contributed by atoms with E-state index in [4.69, 9.17) is 10.1 Å². The van der Waals surface area contributed by atoms with Gasteiger partial charge in [-0.3, -0.25) is 4.98 Å². The minimum Gasteiger partial charge on any atom is -0.252 e. The third-order valence-corrected chi connectivity index (χ3v) is 8.29. The van der Waals surface area contributed by atoms with Gasteiger partial charge < -0.3 is 0 Å². The van der Waals surface area contributed by atoms with Crippen LogP contribution in [-0.2, 0) is 0 Å². The molecule has 0 amide bonds. The molecular weight excluding hydrogens is 552 g/mol. The predicted molar refractivity (Wildman–Crippen MR) is 170 cm³/mol. The average molecular weight is 590 g/mol. The van der Waals surface area contributed by atoms with Crippen LogP contribution in [-0.4, -0.2) is 19.7 Å². The average Bonchev–Trinajstić information content (AvgIpc) is 3.50. The van der Waals surface area contributed by atoms with E-state index in [-0.39, 0.29) is 17.4 Å². The molecule has 5 rings (SSSR count). The lowest BCUT2D eigenvalue weighted by molar-refractivity contribution is 0.515. The first-order chi connectivity index (χ1) is 21.1. The third-order valence-electron chi connectivity index (χ3n) is 8.29. The first kappa shape index (κ1) is 30.7. The first-order valence-electron chi connectivity index (χ1n) is 15.1. The summed E-state index contributed by atoms with van der Waals surface area (Å²) in [6.07, 6.45) is 2.84. The van der Waals surface area contributed by atoms with Gasteiger partial charge in [-0.05, 0) is 88.9 Å². The summed E-state index contributed by atoms with van der Waals surface area (Å²) in [4.78, 5) is 8.25. The number of nitrogens with zero attached hydrogens (tertiary/aromatic N) is 5. The summed E-state index contributed by atoms with van der Waals surface area (Å²) in [5.41, 5.74) is 7.82. The Morgan fingerprint density at radius 1 is 0.795 bits per heavy atom. The van der Waals surface area contributed by atoms with Gasteiger partial charge in [-0.2, -0.15) is 24.1 Å². The molecule has 7 heteroatoms. The van der Waals surface area contributed by atoms with E-state index in [9.17, 15) is 14.0 Å². The lowest BCUT2D eigenvalue weighted by Crippen LogP contribution is -2.10. The molecule has 0 saturated heterocycles. The Labute approximate surface area is 258 Å². The van der Waals surface area contributed by atoms with E-state index in [1.165, 1.54) is 17.2 Å². The molecule has 0 bridgehead atoms. The molecule has 2 atom stereocenters. The van der Waals surface area contributed by atoms with Gasteiger partial charge in [-0.15, -0.1) is 0 Å². The minimum absolute atomic E-state index is 0.127. The fourth-order valence-corrected chi connectivity index (χ4v) is 5.46. The summed E-state index contributed by atoms with van der Waals surface area (Å²) in [6, 6.07) is 24.8. The summed E-state index contributed by atoms with van der Waals surface area (Å²) in [7, 11) is 0. The van der Waals surface area contributed by atoms with Crippen molar-refractivity contribution in [3.63, 3.8) is 0 Å². The molecule has 0 aliphatic heterocycles. The van der Waals surface area contributed by atoms with Gasteiger partial charge in [0.05, 0.1) is 45.9 Å². The largest absolute Gasteiger partial charge is 0.252 e. The number of pyridine rings is 2. The molecule has 0 N–H and O–H groups in total. The summed E-state index contributed by atoms with van der Waals surface area (Å²) in [6.45, 7) is 12.9. The van der Waals surface area contributed by atoms with Crippen molar-refractivity contribution in [1.82, 2.24) is 19.7 Å². The molecule has 3 aromatic heterocycles. The van der Waals surface area contributed by atoms with E-state index in [0.717, 1.165) is 35.0 Å². The van der Waals surface area contributed by atoms with Gasteiger partial charge in [0.1, 0.15) is 0 Å². The Morgan fingerprint density at radius 3 is 2.14 bits per heavy atom. The molecule has 2 unspecified atom stereocenters. The van der Waals surface area contributed by atoms with Gasteiger partial charge in [-0.25, -0.2) is 4.68 Å². The van der Waals surface area contributed by atoms with Gasteiger partial charge in [0.25, 0.3) is 0 Å². The van der Waals surface area contributed by atoms with Gasteiger partial charge in [0, 0.05) is 6.20 Å². The fraction of sp³-hybridized carbons (Fsp3) is 0.297. The van der Waals surface area contributed by atoms with Crippen LogP contribution in [0.3, 0.4) is 0 Å². The van der Waals surface area contributed by atoms with Gasteiger partial charge in [-0.1, -0.05) is 71.9 Å². The zero-order valence-corrected chi connectivity index (χ0v) is 26.0. The number of aromatic nitrogens is 4. The molecule has 0 saturated carbocycles. The minimum atomic E-state index is -0.909. The van der Waals surface area contributed by atoms with E-state index in [1.807, 2.05) is 42.6 Å². The van der Waals surface area contributed by atoms with Crippen molar-refractivity contribution in [3.8, 4) is 23.0 Å². The van der Waals surface area contributed by atoms with Gasteiger partial charge in [0.2, 0.25) is 11.9 Å². The molecule has 224 valence electrons. The van der Waals surface area contributed by atoms with Crippen LogP contribution in [0.1, 0.15) is 111 Å². The summed E-state index contributed by atoms with van der Waals surface area (Å²) < 4.78 is 30.1. The highest BCUT2D eigenvalue weighted by Crippen LogP contribution is 2.36. The number of hydrogen-bond donors (Lipinski definition) is 0. The standard InChI is InChI=1S/C37H37F2N5/c1-7-24(6)30-12-11-29(20-28(30)21-40)44-16-15-34(43-44)36(27-18-25(22(2)3)17-26(19-27)23(4)5)33-10-8-9-32(41-33)31-13-14-35(38)42-37(31)39/h8-20,22-24,36H,7H2,1-6H3. The number of nitriles is 1. The van der Waals surface area contributed by atoms with E-state index < -0.39 is 11.9 Å².